The van der Waals surface area contributed by atoms with Gasteiger partial charge >= 0.3 is 5.97 Å². The Morgan fingerprint density at radius 3 is 2.71 bits per heavy atom. The van der Waals surface area contributed by atoms with Gasteiger partial charge in [0.25, 0.3) is 0 Å². The number of esters is 1. The number of carbonyl (C=O) groups excluding carboxylic acids is 1. The summed E-state index contributed by atoms with van der Waals surface area (Å²) in [5, 5.41) is 0. The lowest BCUT2D eigenvalue weighted by atomic mass is 9.97. The summed E-state index contributed by atoms with van der Waals surface area (Å²) in [6, 6.07) is 5.64. The number of hydrogen-bond donors (Lipinski definition) is 1. The number of nitrogens with two attached hydrogens (primary N) is 1. The quantitative estimate of drug-likeness (QED) is 0.526. The molecule has 2 N–H and O–H groups in total. The molecule has 0 fully saturated rings. The lowest BCUT2D eigenvalue weighted by Gasteiger charge is -2.21. The summed E-state index contributed by atoms with van der Waals surface area (Å²) in [5.74, 6) is 0.457. The molecule has 0 aliphatic carbocycles. The zero-order chi connectivity index (χ0) is 13.1. The summed E-state index contributed by atoms with van der Waals surface area (Å²) in [4.78, 5) is 12.6. The van der Waals surface area contributed by atoms with Crippen molar-refractivity contribution in [3.8, 4) is 0 Å². The normalized spacial score (nSPS) is 11.3. The maximum atomic E-state index is 11.5. The van der Waals surface area contributed by atoms with Crippen molar-refractivity contribution in [3.05, 3.63) is 22.7 Å². The topological polar surface area (TPSA) is 52.3 Å². The van der Waals surface area contributed by atoms with Crippen LogP contribution < -0.4 is 5.73 Å². The highest BCUT2D eigenvalue weighted by molar-refractivity contribution is 9.10. The van der Waals surface area contributed by atoms with E-state index in [4.69, 9.17) is 10.5 Å². The Kier molecular flexibility index (Phi) is 4.89. The summed E-state index contributed by atoms with van der Waals surface area (Å²) in [5.41, 5.74) is 5.88. The number of carbonyl (C=O) groups is 1. The Labute approximate surface area is 114 Å². The van der Waals surface area contributed by atoms with Gasteiger partial charge < -0.3 is 10.5 Å². The molecule has 0 bridgehead atoms. The molecule has 5 heteroatoms. The van der Waals surface area contributed by atoms with Crippen LogP contribution in [0.15, 0.2) is 27.6 Å². The van der Waals surface area contributed by atoms with E-state index in [9.17, 15) is 4.79 Å². The van der Waals surface area contributed by atoms with Crippen LogP contribution in [0.4, 0.5) is 5.69 Å². The molecule has 0 saturated heterocycles. The highest BCUT2D eigenvalue weighted by atomic mass is 79.9. The molecule has 0 heterocycles. The van der Waals surface area contributed by atoms with Gasteiger partial charge in [-0.25, -0.2) is 0 Å². The van der Waals surface area contributed by atoms with Gasteiger partial charge in [0.2, 0.25) is 0 Å². The average molecular weight is 318 g/mol. The Morgan fingerprint density at radius 1 is 1.53 bits per heavy atom. The second kappa shape index (κ2) is 5.78. The number of halogens is 1. The zero-order valence-corrected chi connectivity index (χ0v) is 12.5. The van der Waals surface area contributed by atoms with Gasteiger partial charge in [-0.1, -0.05) is 0 Å². The number of thioether (sulfide) groups is 1. The van der Waals surface area contributed by atoms with E-state index in [1.54, 1.807) is 11.8 Å². The molecule has 0 saturated carbocycles. The fourth-order valence-corrected chi connectivity index (χ4v) is 2.96. The molecule has 94 valence electrons. The second-order valence-corrected chi connectivity index (χ2v) is 6.23. The van der Waals surface area contributed by atoms with Crippen LogP contribution in [0, 0.1) is 5.41 Å². The van der Waals surface area contributed by atoms with Crippen LogP contribution in [-0.4, -0.2) is 18.8 Å². The molecular weight excluding hydrogens is 302 g/mol. The van der Waals surface area contributed by atoms with Gasteiger partial charge in [0, 0.05) is 20.8 Å². The van der Waals surface area contributed by atoms with Gasteiger partial charge in [0.15, 0.2) is 0 Å². The number of benzene rings is 1. The molecule has 0 aliphatic heterocycles. The SMILES string of the molecule is COC(=O)C(C)(C)CSc1ccc(N)cc1Br. The van der Waals surface area contributed by atoms with E-state index in [-0.39, 0.29) is 5.97 Å². The van der Waals surface area contributed by atoms with E-state index >= 15 is 0 Å². The molecule has 1 aromatic carbocycles. The third kappa shape index (κ3) is 3.92. The highest BCUT2D eigenvalue weighted by Gasteiger charge is 2.28. The first-order valence-corrected chi connectivity index (χ1v) is 6.91. The lowest BCUT2D eigenvalue weighted by Crippen LogP contribution is -2.28. The number of methoxy groups -OCH3 is 1. The Morgan fingerprint density at radius 2 is 2.18 bits per heavy atom. The summed E-state index contributed by atoms with van der Waals surface area (Å²) >= 11 is 5.06. The highest BCUT2D eigenvalue weighted by Crippen LogP contribution is 2.34. The van der Waals surface area contributed by atoms with Crippen molar-refractivity contribution in [1.29, 1.82) is 0 Å². The van der Waals surface area contributed by atoms with E-state index in [2.05, 4.69) is 15.9 Å². The van der Waals surface area contributed by atoms with Crippen LogP contribution in [0.3, 0.4) is 0 Å². The number of anilines is 1. The second-order valence-electron chi connectivity index (χ2n) is 4.35. The van der Waals surface area contributed by atoms with Crippen LogP contribution in [-0.2, 0) is 9.53 Å². The van der Waals surface area contributed by atoms with E-state index in [0.717, 1.165) is 9.37 Å². The molecule has 0 spiro atoms. The van der Waals surface area contributed by atoms with E-state index in [1.807, 2.05) is 32.0 Å². The molecule has 0 radical (unpaired) electrons. The minimum atomic E-state index is -0.500. The lowest BCUT2D eigenvalue weighted by molar-refractivity contribution is -0.149. The van der Waals surface area contributed by atoms with Gasteiger partial charge in [-0.05, 0) is 48.0 Å². The summed E-state index contributed by atoms with van der Waals surface area (Å²) in [7, 11) is 1.41. The van der Waals surface area contributed by atoms with Gasteiger partial charge in [0.05, 0.1) is 12.5 Å². The zero-order valence-electron chi connectivity index (χ0n) is 10.1. The van der Waals surface area contributed by atoms with Crippen molar-refractivity contribution in [2.45, 2.75) is 18.7 Å². The first-order chi connectivity index (χ1) is 7.86. The van der Waals surface area contributed by atoms with E-state index in [0.29, 0.717) is 11.4 Å². The Hall–Kier alpha value is -0.680. The van der Waals surface area contributed by atoms with Crippen molar-refractivity contribution in [3.63, 3.8) is 0 Å². The predicted molar refractivity (Wildman–Crippen MR) is 75.1 cm³/mol. The minimum Gasteiger partial charge on any atom is -0.469 e. The van der Waals surface area contributed by atoms with E-state index < -0.39 is 5.41 Å². The fraction of sp³-hybridized carbons (Fsp3) is 0.417. The number of nitrogen functional groups attached to an aromatic ring is 1. The Balaban J connectivity index is 2.70. The Bertz CT molecular complexity index is 421. The molecule has 17 heavy (non-hydrogen) atoms. The molecule has 0 unspecified atom stereocenters. The van der Waals surface area contributed by atoms with Gasteiger partial charge in [-0.3, -0.25) is 4.79 Å². The largest absolute Gasteiger partial charge is 0.469 e. The smallest absolute Gasteiger partial charge is 0.312 e. The standard InChI is InChI=1S/C12H16BrNO2S/c1-12(2,11(15)16-3)7-17-10-5-4-8(14)6-9(10)13/h4-6H,7,14H2,1-3H3. The van der Waals surface area contributed by atoms with Gasteiger partial charge in [-0.2, -0.15) is 0 Å². The molecule has 0 amide bonds. The third-order valence-electron chi connectivity index (χ3n) is 2.28. The third-order valence-corrected chi connectivity index (χ3v) is 4.73. The number of ether oxygens (including phenoxy) is 1. The van der Waals surface area contributed by atoms with Gasteiger partial charge in [-0.15, -0.1) is 11.8 Å². The number of rotatable bonds is 4. The summed E-state index contributed by atoms with van der Waals surface area (Å²) < 4.78 is 5.72. The number of hydrogen-bond acceptors (Lipinski definition) is 4. The summed E-state index contributed by atoms with van der Waals surface area (Å²) in [6.45, 7) is 3.74. The van der Waals surface area contributed by atoms with Crippen molar-refractivity contribution in [2.24, 2.45) is 5.41 Å². The fourth-order valence-electron chi connectivity index (χ4n) is 1.23. The molecule has 0 aromatic heterocycles. The van der Waals surface area contributed by atoms with Crippen molar-refractivity contribution in [1.82, 2.24) is 0 Å². The molecule has 1 rings (SSSR count). The maximum absolute atomic E-state index is 11.5. The monoisotopic (exact) mass is 317 g/mol. The van der Waals surface area contributed by atoms with Crippen molar-refractivity contribution in [2.75, 3.05) is 18.6 Å². The molecular formula is C12H16BrNO2S. The van der Waals surface area contributed by atoms with Crippen LogP contribution in [0.1, 0.15) is 13.8 Å². The predicted octanol–water partition coefficient (Wildman–Crippen LogP) is 3.32. The van der Waals surface area contributed by atoms with Gasteiger partial charge in [0.1, 0.15) is 0 Å². The van der Waals surface area contributed by atoms with Crippen LogP contribution in [0.25, 0.3) is 0 Å². The van der Waals surface area contributed by atoms with Crippen molar-refractivity contribution >= 4 is 39.3 Å². The first kappa shape index (κ1) is 14.4. The molecule has 0 atom stereocenters. The van der Waals surface area contributed by atoms with Crippen LogP contribution >= 0.6 is 27.7 Å². The van der Waals surface area contributed by atoms with Crippen LogP contribution in [0.5, 0.6) is 0 Å². The van der Waals surface area contributed by atoms with Crippen LogP contribution in [0.2, 0.25) is 0 Å². The average Bonchev–Trinajstić information content (AvgIpc) is 2.26. The minimum absolute atomic E-state index is 0.198. The molecule has 3 nitrogen and oxygen atoms in total. The van der Waals surface area contributed by atoms with E-state index in [1.165, 1.54) is 7.11 Å². The summed E-state index contributed by atoms with van der Waals surface area (Å²) in [6.07, 6.45) is 0. The molecule has 1 aromatic rings. The first-order valence-electron chi connectivity index (χ1n) is 5.13. The van der Waals surface area contributed by atoms with Crippen molar-refractivity contribution < 1.29 is 9.53 Å². The molecule has 0 aliphatic rings. The maximum Gasteiger partial charge on any atom is 0.312 e.